The van der Waals surface area contributed by atoms with Crippen molar-refractivity contribution >= 4 is 11.9 Å². The van der Waals surface area contributed by atoms with Crippen molar-refractivity contribution in [2.45, 2.75) is 110 Å². The molecule has 0 radical (unpaired) electrons. The Morgan fingerprint density at radius 1 is 0.742 bits per heavy atom. The van der Waals surface area contributed by atoms with Crippen LogP contribution in [0.3, 0.4) is 0 Å². The SMILES string of the molecule is CCCCCCCCOc1cccc(CCCCCC(=O)O)c1CCCCCC(=O)O. The first-order valence-electron chi connectivity index (χ1n) is 12.2. The number of unbranched alkanes of at least 4 members (excludes halogenated alkanes) is 9. The van der Waals surface area contributed by atoms with E-state index in [0.29, 0.717) is 12.8 Å². The van der Waals surface area contributed by atoms with Crippen molar-refractivity contribution in [2.24, 2.45) is 0 Å². The summed E-state index contributed by atoms with van der Waals surface area (Å²) in [5.41, 5.74) is 2.54. The lowest BCUT2D eigenvalue weighted by Crippen LogP contribution is -2.04. The fourth-order valence-electron chi connectivity index (χ4n) is 3.85. The predicted octanol–water partition coefficient (Wildman–Crippen LogP) is 6.80. The molecular formula is C26H42O5. The quantitative estimate of drug-likeness (QED) is 0.220. The van der Waals surface area contributed by atoms with Gasteiger partial charge in [0, 0.05) is 12.8 Å². The second kappa shape index (κ2) is 17.6. The lowest BCUT2D eigenvalue weighted by atomic mass is 9.95. The zero-order chi connectivity index (χ0) is 22.7. The first kappa shape index (κ1) is 27.0. The largest absolute Gasteiger partial charge is 0.493 e. The number of hydrogen-bond donors (Lipinski definition) is 2. The number of carbonyl (C=O) groups is 2. The van der Waals surface area contributed by atoms with Gasteiger partial charge in [-0.15, -0.1) is 0 Å². The number of hydrogen-bond acceptors (Lipinski definition) is 3. The highest BCUT2D eigenvalue weighted by atomic mass is 16.5. The molecular weight excluding hydrogens is 392 g/mol. The number of carboxylic acid groups (broad SMARTS) is 2. The number of aryl methyl sites for hydroxylation is 1. The maximum Gasteiger partial charge on any atom is 0.303 e. The predicted molar refractivity (Wildman–Crippen MR) is 125 cm³/mol. The standard InChI is InChI=1S/C26H42O5/c1-2-3-4-5-6-13-21-31-24-18-14-16-22(15-9-7-11-19-25(27)28)23(24)17-10-8-12-20-26(29)30/h14,16,18H,2-13,15,17,19-21H2,1H3,(H,27,28)(H,29,30). The molecule has 31 heavy (non-hydrogen) atoms. The minimum absolute atomic E-state index is 0.229. The Morgan fingerprint density at radius 2 is 1.32 bits per heavy atom. The van der Waals surface area contributed by atoms with Crippen LogP contribution in [0.4, 0.5) is 0 Å². The average molecular weight is 435 g/mol. The van der Waals surface area contributed by atoms with Crippen molar-refractivity contribution in [3.63, 3.8) is 0 Å². The van der Waals surface area contributed by atoms with Gasteiger partial charge < -0.3 is 14.9 Å². The minimum atomic E-state index is -0.732. The lowest BCUT2D eigenvalue weighted by Gasteiger charge is -2.16. The van der Waals surface area contributed by atoms with E-state index in [0.717, 1.165) is 57.3 Å². The molecule has 1 rings (SSSR count). The molecule has 0 saturated heterocycles. The Bertz CT molecular complexity index is 626. The zero-order valence-corrected chi connectivity index (χ0v) is 19.4. The third-order valence-corrected chi connectivity index (χ3v) is 5.64. The van der Waals surface area contributed by atoms with Crippen LogP contribution in [0.15, 0.2) is 18.2 Å². The molecule has 176 valence electrons. The van der Waals surface area contributed by atoms with Crippen LogP contribution in [0.1, 0.15) is 108 Å². The molecule has 5 nitrogen and oxygen atoms in total. The maximum absolute atomic E-state index is 10.7. The minimum Gasteiger partial charge on any atom is -0.493 e. The maximum atomic E-state index is 10.7. The van der Waals surface area contributed by atoms with Gasteiger partial charge in [0.2, 0.25) is 0 Å². The van der Waals surface area contributed by atoms with E-state index in [1.165, 1.54) is 43.2 Å². The smallest absolute Gasteiger partial charge is 0.303 e. The van der Waals surface area contributed by atoms with Crippen LogP contribution in [0.25, 0.3) is 0 Å². The Kier molecular flexibility index (Phi) is 15.3. The lowest BCUT2D eigenvalue weighted by molar-refractivity contribution is -0.138. The Hall–Kier alpha value is -2.04. The highest BCUT2D eigenvalue weighted by Gasteiger charge is 2.10. The molecule has 0 bridgehead atoms. The Balaban J connectivity index is 2.59. The van der Waals surface area contributed by atoms with Crippen molar-refractivity contribution in [1.29, 1.82) is 0 Å². The van der Waals surface area contributed by atoms with E-state index in [9.17, 15) is 9.59 Å². The molecule has 0 spiro atoms. The van der Waals surface area contributed by atoms with Crippen LogP contribution in [-0.4, -0.2) is 28.8 Å². The van der Waals surface area contributed by atoms with E-state index in [1.54, 1.807) is 0 Å². The van der Waals surface area contributed by atoms with Crippen molar-refractivity contribution in [1.82, 2.24) is 0 Å². The van der Waals surface area contributed by atoms with Crippen molar-refractivity contribution in [3.8, 4) is 5.75 Å². The molecule has 0 amide bonds. The molecule has 1 aromatic carbocycles. The second-order valence-corrected chi connectivity index (χ2v) is 8.42. The van der Waals surface area contributed by atoms with E-state index in [-0.39, 0.29) is 12.8 Å². The van der Waals surface area contributed by atoms with Gasteiger partial charge in [0.15, 0.2) is 0 Å². The summed E-state index contributed by atoms with van der Waals surface area (Å²) < 4.78 is 6.17. The summed E-state index contributed by atoms with van der Waals surface area (Å²) in [6, 6.07) is 6.26. The summed E-state index contributed by atoms with van der Waals surface area (Å²) in [6.45, 7) is 2.96. The highest BCUT2D eigenvalue weighted by molar-refractivity contribution is 5.66. The van der Waals surface area contributed by atoms with Gasteiger partial charge in [0.25, 0.3) is 0 Å². The van der Waals surface area contributed by atoms with Crippen molar-refractivity contribution < 1.29 is 24.5 Å². The van der Waals surface area contributed by atoms with Gasteiger partial charge in [-0.3, -0.25) is 9.59 Å². The van der Waals surface area contributed by atoms with E-state index < -0.39 is 11.9 Å². The van der Waals surface area contributed by atoms with Gasteiger partial charge in [-0.2, -0.15) is 0 Å². The number of ether oxygens (including phenoxy) is 1. The fraction of sp³-hybridized carbons (Fsp3) is 0.692. The monoisotopic (exact) mass is 434 g/mol. The van der Waals surface area contributed by atoms with Crippen LogP contribution in [-0.2, 0) is 22.4 Å². The highest BCUT2D eigenvalue weighted by Crippen LogP contribution is 2.27. The summed E-state index contributed by atoms with van der Waals surface area (Å²) in [6.07, 6.45) is 14.9. The van der Waals surface area contributed by atoms with Gasteiger partial charge in [-0.25, -0.2) is 0 Å². The molecule has 0 aliphatic rings. The molecule has 0 aromatic heterocycles. The van der Waals surface area contributed by atoms with Crippen molar-refractivity contribution in [2.75, 3.05) is 6.61 Å². The molecule has 5 heteroatoms. The normalized spacial score (nSPS) is 10.9. The molecule has 1 aromatic rings. The Morgan fingerprint density at radius 3 is 1.97 bits per heavy atom. The topological polar surface area (TPSA) is 83.8 Å². The number of rotatable bonds is 20. The Labute approximate surface area is 188 Å². The first-order valence-corrected chi connectivity index (χ1v) is 12.2. The summed E-state index contributed by atoms with van der Waals surface area (Å²) in [4.78, 5) is 21.4. The summed E-state index contributed by atoms with van der Waals surface area (Å²) >= 11 is 0. The van der Waals surface area contributed by atoms with Gasteiger partial charge >= 0.3 is 11.9 Å². The van der Waals surface area contributed by atoms with Gasteiger partial charge in [-0.05, 0) is 62.1 Å². The second-order valence-electron chi connectivity index (χ2n) is 8.42. The molecule has 0 heterocycles. The van der Waals surface area contributed by atoms with Crippen LogP contribution in [0, 0.1) is 0 Å². The molecule has 0 unspecified atom stereocenters. The molecule has 0 aliphatic heterocycles. The summed E-state index contributed by atoms with van der Waals surface area (Å²) in [5, 5.41) is 17.6. The fourth-order valence-corrected chi connectivity index (χ4v) is 3.85. The van der Waals surface area contributed by atoms with E-state index >= 15 is 0 Å². The van der Waals surface area contributed by atoms with E-state index in [1.807, 2.05) is 0 Å². The zero-order valence-electron chi connectivity index (χ0n) is 19.4. The third-order valence-electron chi connectivity index (χ3n) is 5.64. The van der Waals surface area contributed by atoms with Crippen LogP contribution >= 0.6 is 0 Å². The first-order chi connectivity index (χ1) is 15.0. The van der Waals surface area contributed by atoms with Crippen LogP contribution < -0.4 is 4.74 Å². The summed E-state index contributed by atoms with van der Waals surface area (Å²) in [5.74, 6) is -0.494. The van der Waals surface area contributed by atoms with Crippen molar-refractivity contribution in [3.05, 3.63) is 29.3 Å². The van der Waals surface area contributed by atoms with Gasteiger partial charge in [0.05, 0.1) is 6.61 Å². The third kappa shape index (κ3) is 13.8. The van der Waals surface area contributed by atoms with Gasteiger partial charge in [0.1, 0.15) is 5.75 Å². The molecule has 0 fully saturated rings. The summed E-state index contributed by atoms with van der Waals surface area (Å²) in [7, 11) is 0. The van der Waals surface area contributed by atoms with Crippen LogP contribution in [0.2, 0.25) is 0 Å². The van der Waals surface area contributed by atoms with E-state index in [2.05, 4.69) is 25.1 Å². The number of aliphatic carboxylic acids is 2. The number of benzene rings is 1. The molecule has 2 N–H and O–H groups in total. The van der Waals surface area contributed by atoms with Crippen LogP contribution in [0.5, 0.6) is 5.75 Å². The van der Waals surface area contributed by atoms with E-state index in [4.69, 9.17) is 14.9 Å². The molecule has 0 aliphatic carbocycles. The number of carboxylic acids is 2. The molecule has 0 saturated carbocycles. The average Bonchev–Trinajstić information content (AvgIpc) is 2.73. The van der Waals surface area contributed by atoms with Gasteiger partial charge in [-0.1, -0.05) is 64.0 Å². The molecule has 0 atom stereocenters.